The third-order valence-corrected chi connectivity index (χ3v) is 4.30. The third-order valence-electron chi connectivity index (χ3n) is 3.35. The van der Waals surface area contributed by atoms with Crippen molar-refractivity contribution in [1.82, 2.24) is 4.98 Å². The van der Waals surface area contributed by atoms with E-state index in [4.69, 9.17) is 4.98 Å². The SMILES string of the molecule is C.CC(C)(C)c1ccc(Sc2ccccc2)nc1C(C)(C)C. The monoisotopic (exact) mass is 315 g/mol. The lowest BCUT2D eigenvalue weighted by molar-refractivity contribution is 0.509. The fourth-order valence-corrected chi connectivity index (χ4v) is 3.09. The Labute approximate surface area is 140 Å². The van der Waals surface area contributed by atoms with E-state index < -0.39 is 0 Å². The van der Waals surface area contributed by atoms with Gasteiger partial charge < -0.3 is 0 Å². The van der Waals surface area contributed by atoms with E-state index in [1.165, 1.54) is 16.2 Å². The van der Waals surface area contributed by atoms with Crippen LogP contribution in [0.4, 0.5) is 0 Å². The maximum Gasteiger partial charge on any atom is 0.101 e. The molecule has 0 saturated carbocycles. The smallest absolute Gasteiger partial charge is 0.101 e. The fraction of sp³-hybridized carbons (Fsp3) is 0.450. The third kappa shape index (κ3) is 4.61. The Balaban J connectivity index is 0.00000242. The summed E-state index contributed by atoms with van der Waals surface area (Å²) in [7, 11) is 0. The van der Waals surface area contributed by atoms with Gasteiger partial charge in [0.15, 0.2) is 0 Å². The summed E-state index contributed by atoms with van der Waals surface area (Å²) >= 11 is 1.73. The van der Waals surface area contributed by atoms with Crippen molar-refractivity contribution in [2.24, 2.45) is 0 Å². The molecule has 2 rings (SSSR count). The molecule has 0 radical (unpaired) electrons. The van der Waals surface area contributed by atoms with Crippen LogP contribution in [0.2, 0.25) is 0 Å². The van der Waals surface area contributed by atoms with Gasteiger partial charge in [0.25, 0.3) is 0 Å². The highest BCUT2D eigenvalue weighted by Gasteiger charge is 2.26. The number of aromatic nitrogens is 1. The van der Waals surface area contributed by atoms with Gasteiger partial charge in [-0.15, -0.1) is 0 Å². The summed E-state index contributed by atoms with van der Waals surface area (Å²) in [6, 6.07) is 14.8. The van der Waals surface area contributed by atoms with Crippen molar-refractivity contribution in [2.75, 3.05) is 0 Å². The summed E-state index contributed by atoms with van der Waals surface area (Å²) in [4.78, 5) is 6.20. The molecule has 0 aliphatic rings. The first-order chi connectivity index (χ1) is 9.68. The van der Waals surface area contributed by atoms with Crippen LogP contribution in [0.1, 0.15) is 60.2 Å². The number of hydrogen-bond acceptors (Lipinski definition) is 2. The predicted octanol–water partition coefficient (Wildman–Crippen LogP) is 6.46. The highest BCUT2D eigenvalue weighted by atomic mass is 32.2. The van der Waals surface area contributed by atoms with Gasteiger partial charge in [-0.25, -0.2) is 4.98 Å². The van der Waals surface area contributed by atoms with Gasteiger partial charge in [0.05, 0.1) is 5.69 Å². The second-order valence-electron chi connectivity index (χ2n) is 7.46. The number of pyridine rings is 1. The first-order valence-electron chi connectivity index (χ1n) is 7.43. The van der Waals surface area contributed by atoms with E-state index in [0.29, 0.717) is 0 Å². The van der Waals surface area contributed by atoms with Gasteiger partial charge in [0.1, 0.15) is 5.03 Å². The van der Waals surface area contributed by atoms with Gasteiger partial charge in [-0.05, 0) is 29.2 Å². The Hall–Kier alpha value is -1.28. The summed E-state index contributed by atoms with van der Waals surface area (Å²) in [6.07, 6.45) is 0. The van der Waals surface area contributed by atoms with E-state index in [2.05, 4.69) is 77.9 Å². The molecule has 0 aliphatic carbocycles. The molecular weight excluding hydrogens is 286 g/mol. The van der Waals surface area contributed by atoms with Crippen molar-refractivity contribution in [3.05, 3.63) is 53.7 Å². The quantitative estimate of drug-likeness (QED) is 0.630. The predicted molar refractivity (Wildman–Crippen MR) is 98.9 cm³/mol. The minimum Gasteiger partial charge on any atom is -0.245 e. The number of benzene rings is 1. The zero-order valence-corrected chi connectivity index (χ0v) is 14.7. The average Bonchev–Trinajstić information content (AvgIpc) is 2.37. The normalized spacial score (nSPS) is 11.9. The average molecular weight is 316 g/mol. The molecule has 0 N–H and O–H groups in total. The summed E-state index contributed by atoms with van der Waals surface area (Å²) in [5.74, 6) is 0. The van der Waals surface area contributed by atoms with Gasteiger partial charge in [-0.2, -0.15) is 0 Å². The summed E-state index contributed by atoms with van der Waals surface area (Å²) in [6.45, 7) is 13.5. The van der Waals surface area contributed by atoms with E-state index in [9.17, 15) is 0 Å². The van der Waals surface area contributed by atoms with Crippen LogP contribution in [-0.2, 0) is 10.8 Å². The molecule has 0 bridgehead atoms. The molecule has 2 aromatic rings. The number of nitrogens with zero attached hydrogens (tertiary/aromatic N) is 1. The maximum atomic E-state index is 4.97. The van der Waals surface area contributed by atoms with Crippen LogP contribution in [0.15, 0.2) is 52.4 Å². The molecule has 1 heterocycles. The van der Waals surface area contributed by atoms with Crippen molar-refractivity contribution in [2.45, 2.75) is 69.7 Å². The second kappa shape index (κ2) is 6.87. The summed E-state index contributed by atoms with van der Waals surface area (Å²) in [5.41, 5.74) is 2.71. The molecule has 22 heavy (non-hydrogen) atoms. The van der Waals surface area contributed by atoms with Gasteiger partial charge >= 0.3 is 0 Å². The molecule has 2 heteroatoms. The van der Waals surface area contributed by atoms with Crippen LogP contribution in [-0.4, -0.2) is 4.98 Å². The van der Waals surface area contributed by atoms with Crippen LogP contribution in [0.5, 0.6) is 0 Å². The highest BCUT2D eigenvalue weighted by molar-refractivity contribution is 7.99. The molecule has 0 saturated heterocycles. The first kappa shape index (κ1) is 18.8. The first-order valence-corrected chi connectivity index (χ1v) is 8.24. The van der Waals surface area contributed by atoms with Crippen molar-refractivity contribution in [3.8, 4) is 0 Å². The largest absolute Gasteiger partial charge is 0.245 e. The minimum atomic E-state index is 0. The Kier molecular flexibility index (Phi) is 5.86. The summed E-state index contributed by atoms with van der Waals surface area (Å²) in [5, 5.41) is 1.07. The van der Waals surface area contributed by atoms with E-state index in [-0.39, 0.29) is 18.3 Å². The van der Waals surface area contributed by atoms with Crippen molar-refractivity contribution in [3.63, 3.8) is 0 Å². The topological polar surface area (TPSA) is 12.9 Å². The van der Waals surface area contributed by atoms with Crippen LogP contribution in [0.3, 0.4) is 0 Å². The zero-order valence-electron chi connectivity index (χ0n) is 13.9. The van der Waals surface area contributed by atoms with Gasteiger partial charge in [0, 0.05) is 10.3 Å². The molecule has 0 fully saturated rings. The van der Waals surface area contributed by atoms with E-state index >= 15 is 0 Å². The molecule has 1 aromatic carbocycles. The molecule has 0 aliphatic heterocycles. The molecule has 0 atom stereocenters. The van der Waals surface area contributed by atoms with Crippen molar-refractivity contribution < 1.29 is 0 Å². The number of hydrogen-bond donors (Lipinski definition) is 0. The molecule has 0 amide bonds. The maximum absolute atomic E-state index is 4.97. The molecule has 1 aromatic heterocycles. The van der Waals surface area contributed by atoms with E-state index in [1.807, 2.05) is 6.07 Å². The number of rotatable bonds is 2. The Morgan fingerprint density at radius 2 is 1.36 bits per heavy atom. The Morgan fingerprint density at radius 3 is 1.86 bits per heavy atom. The van der Waals surface area contributed by atoms with Gasteiger partial charge in [-0.3, -0.25) is 0 Å². The fourth-order valence-electron chi connectivity index (χ4n) is 2.28. The Morgan fingerprint density at radius 1 is 0.773 bits per heavy atom. The minimum absolute atomic E-state index is 0. The van der Waals surface area contributed by atoms with E-state index in [0.717, 1.165) is 5.03 Å². The molecule has 0 unspecified atom stereocenters. The van der Waals surface area contributed by atoms with Gasteiger partial charge in [0.2, 0.25) is 0 Å². The molecule has 1 nitrogen and oxygen atoms in total. The van der Waals surface area contributed by atoms with Crippen LogP contribution in [0.25, 0.3) is 0 Å². The lowest BCUT2D eigenvalue weighted by Crippen LogP contribution is -2.23. The lowest BCUT2D eigenvalue weighted by Gasteiger charge is -2.29. The van der Waals surface area contributed by atoms with Crippen molar-refractivity contribution >= 4 is 11.8 Å². The van der Waals surface area contributed by atoms with Gasteiger partial charge in [-0.1, -0.05) is 85.0 Å². The van der Waals surface area contributed by atoms with Crippen LogP contribution >= 0.6 is 11.8 Å². The van der Waals surface area contributed by atoms with Crippen LogP contribution in [0, 0.1) is 0 Å². The lowest BCUT2D eigenvalue weighted by atomic mass is 9.78. The van der Waals surface area contributed by atoms with E-state index in [1.54, 1.807) is 11.8 Å². The summed E-state index contributed by atoms with van der Waals surface area (Å²) < 4.78 is 0. The van der Waals surface area contributed by atoms with Crippen molar-refractivity contribution in [1.29, 1.82) is 0 Å². The highest BCUT2D eigenvalue weighted by Crippen LogP contribution is 2.35. The molecule has 0 spiro atoms. The van der Waals surface area contributed by atoms with Crippen LogP contribution < -0.4 is 0 Å². The molecule has 120 valence electrons. The Bertz CT molecular complexity index is 604. The second-order valence-corrected chi connectivity index (χ2v) is 8.55. The standard InChI is InChI=1S/C19H25NS.CH4/c1-18(2,3)15-12-13-16(20-17(15)19(4,5)6)21-14-10-8-7-9-11-14;/h7-13H,1-6H3;1H4. The molecular formula is C20H29NS. The zero-order chi connectivity index (χ0) is 15.7.